The van der Waals surface area contributed by atoms with Crippen LogP contribution in [0.15, 0.2) is 55.6 Å². The molecule has 0 aliphatic carbocycles. The molecule has 0 aliphatic rings. The van der Waals surface area contributed by atoms with E-state index in [1.54, 1.807) is 12.2 Å². The van der Waals surface area contributed by atoms with Gasteiger partial charge in [0.2, 0.25) is 0 Å². The van der Waals surface area contributed by atoms with Crippen LogP contribution in [0, 0.1) is 0 Å². The van der Waals surface area contributed by atoms with Gasteiger partial charge in [0, 0.05) is 13.1 Å². The zero-order valence-corrected chi connectivity index (χ0v) is 14.4. The highest BCUT2D eigenvalue weighted by molar-refractivity contribution is 7.54. The molecule has 0 N–H and O–H groups in total. The maximum absolute atomic E-state index is 13.4. The maximum Gasteiger partial charge on any atom is 0.352 e. The Hall–Kier alpha value is -1.19. The van der Waals surface area contributed by atoms with Crippen LogP contribution in [-0.4, -0.2) is 31.2 Å². The summed E-state index contributed by atoms with van der Waals surface area (Å²) in [6, 6.07) is 9.65. The monoisotopic (exact) mass is 323 g/mol. The average Bonchev–Trinajstić information content (AvgIpc) is 2.49. The van der Waals surface area contributed by atoms with Gasteiger partial charge in [-0.1, -0.05) is 42.5 Å². The van der Waals surface area contributed by atoms with E-state index in [2.05, 4.69) is 13.2 Å². The van der Waals surface area contributed by atoms with Gasteiger partial charge in [0.15, 0.2) is 0 Å². The summed E-state index contributed by atoms with van der Waals surface area (Å²) < 4.78 is 24.5. The Bertz CT molecular complexity index is 484. The Balaban J connectivity index is 3.32. The number of hydrogen-bond acceptors (Lipinski definition) is 4. The molecule has 0 fully saturated rings. The number of hydrogen-bond donors (Lipinski definition) is 0. The smallest absolute Gasteiger partial charge is 0.308 e. The molecule has 22 heavy (non-hydrogen) atoms. The van der Waals surface area contributed by atoms with Gasteiger partial charge in [-0.3, -0.25) is 9.46 Å². The van der Waals surface area contributed by atoms with Gasteiger partial charge in [-0.15, -0.1) is 13.2 Å². The van der Waals surface area contributed by atoms with Crippen LogP contribution in [0.1, 0.15) is 25.2 Å². The number of nitrogens with zero attached hydrogens (tertiary/aromatic N) is 1. The van der Waals surface area contributed by atoms with Crippen molar-refractivity contribution in [2.45, 2.75) is 19.6 Å². The average molecular weight is 323 g/mol. The van der Waals surface area contributed by atoms with E-state index in [1.807, 2.05) is 49.1 Å². The summed E-state index contributed by atoms with van der Waals surface area (Å²) in [5, 5.41) is 0. The van der Waals surface area contributed by atoms with Crippen molar-refractivity contribution in [2.24, 2.45) is 0 Å². The molecular formula is C17H26NO3P. The molecule has 0 aromatic heterocycles. The lowest BCUT2D eigenvalue weighted by Crippen LogP contribution is -2.30. The van der Waals surface area contributed by atoms with Crippen molar-refractivity contribution < 1.29 is 13.6 Å². The maximum atomic E-state index is 13.4. The van der Waals surface area contributed by atoms with E-state index in [0.717, 1.165) is 5.56 Å². The molecule has 4 nitrogen and oxygen atoms in total. The molecule has 0 aliphatic heterocycles. The molecule has 0 radical (unpaired) electrons. The quantitative estimate of drug-likeness (QED) is 0.440. The summed E-state index contributed by atoms with van der Waals surface area (Å²) in [4.78, 5) is 2.00. The fourth-order valence-electron chi connectivity index (χ4n) is 2.36. The summed E-state index contributed by atoms with van der Waals surface area (Å²) in [7, 11) is -3.34. The predicted octanol–water partition coefficient (Wildman–Crippen LogP) is 4.63. The first-order valence-electron chi connectivity index (χ1n) is 7.52. The summed E-state index contributed by atoms with van der Waals surface area (Å²) in [5.41, 5.74) is 0.899. The van der Waals surface area contributed by atoms with E-state index < -0.39 is 13.4 Å². The molecule has 1 aromatic rings. The summed E-state index contributed by atoms with van der Waals surface area (Å²) >= 11 is 0. The van der Waals surface area contributed by atoms with E-state index in [-0.39, 0.29) is 0 Å². The lowest BCUT2D eigenvalue weighted by atomic mass is 10.2. The molecule has 5 heteroatoms. The van der Waals surface area contributed by atoms with Gasteiger partial charge in [-0.25, -0.2) is 0 Å². The molecule has 1 aromatic carbocycles. The van der Waals surface area contributed by atoms with Crippen molar-refractivity contribution in [3.05, 3.63) is 61.2 Å². The van der Waals surface area contributed by atoms with E-state index in [1.165, 1.54) is 0 Å². The van der Waals surface area contributed by atoms with Crippen LogP contribution in [0.25, 0.3) is 0 Å². The molecule has 0 heterocycles. The third kappa shape index (κ3) is 4.92. The minimum absolute atomic E-state index is 0.330. The first-order chi connectivity index (χ1) is 10.6. The fraction of sp³-hybridized carbons (Fsp3) is 0.412. The number of rotatable bonds is 11. The fourth-order valence-corrected chi connectivity index (χ4v) is 4.57. The second-order valence-corrected chi connectivity index (χ2v) is 6.78. The zero-order chi connectivity index (χ0) is 16.4. The minimum atomic E-state index is -3.34. The second kappa shape index (κ2) is 9.75. The number of benzene rings is 1. The Labute approximate surface area is 134 Å². The van der Waals surface area contributed by atoms with Gasteiger partial charge < -0.3 is 9.05 Å². The molecule has 1 unspecified atom stereocenters. The van der Waals surface area contributed by atoms with Crippen LogP contribution in [0.5, 0.6) is 0 Å². The van der Waals surface area contributed by atoms with Crippen LogP contribution >= 0.6 is 7.60 Å². The van der Waals surface area contributed by atoms with Crippen LogP contribution < -0.4 is 0 Å². The third-order valence-electron chi connectivity index (χ3n) is 3.09. The minimum Gasteiger partial charge on any atom is -0.308 e. The van der Waals surface area contributed by atoms with E-state index >= 15 is 0 Å². The highest BCUT2D eigenvalue weighted by atomic mass is 31.2. The Morgan fingerprint density at radius 2 is 1.59 bits per heavy atom. The SMILES string of the molecule is C=CCN(CC=C)C(c1ccccc1)P(=O)(OCC)OCC. The topological polar surface area (TPSA) is 38.8 Å². The van der Waals surface area contributed by atoms with Crippen molar-refractivity contribution in [3.8, 4) is 0 Å². The van der Waals surface area contributed by atoms with Gasteiger partial charge in [-0.05, 0) is 19.4 Å². The molecule has 0 bridgehead atoms. The Morgan fingerprint density at radius 1 is 1.09 bits per heavy atom. The molecule has 122 valence electrons. The predicted molar refractivity (Wildman–Crippen MR) is 92.0 cm³/mol. The first kappa shape index (κ1) is 18.9. The lowest BCUT2D eigenvalue weighted by molar-refractivity contribution is 0.176. The van der Waals surface area contributed by atoms with Crippen LogP contribution in [0.4, 0.5) is 0 Å². The zero-order valence-electron chi connectivity index (χ0n) is 13.5. The highest BCUT2D eigenvalue weighted by Crippen LogP contribution is 2.62. The van der Waals surface area contributed by atoms with Gasteiger partial charge in [0.25, 0.3) is 0 Å². The molecule has 0 spiro atoms. The van der Waals surface area contributed by atoms with E-state index in [0.29, 0.717) is 26.3 Å². The molecule has 1 rings (SSSR count). The van der Waals surface area contributed by atoms with Crippen LogP contribution in [0.2, 0.25) is 0 Å². The van der Waals surface area contributed by atoms with Crippen LogP contribution in [0.3, 0.4) is 0 Å². The van der Waals surface area contributed by atoms with E-state index in [4.69, 9.17) is 9.05 Å². The normalized spacial score (nSPS) is 13.0. The lowest BCUT2D eigenvalue weighted by Gasteiger charge is -2.34. The Morgan fingerprint density at radius 3 is 2.00 bits per heavy atom. The molecule has 1 atom stereocenters. The molecule has 0 saturated carbocycles. The Kier molecular flexibility index (Phi) is 8.36. The molecule has 0 amide bonds. The van der Waals surface area contributed by atoms with Gasteiger partial charge in [0.1, 0.15) is 5.78 Å². The first-order valence-corrected chi connectivity index (χ1v) is 9.13. The third-order valence-corrected chi connectivity index (χ3v) is 5.55. The highest BCUT2D eigenvalue weighted by Gasteiger charge is 2.40. The second-order valence-electron chi connectivity index (χ2n) is 4.69. The summed E-state index contributed by atoms with van der Waals surface area (Å²) in [6.45, 7) is 13.0. The van der Waals surface area contributed by atoms with Crippen molar-refractivity contribution >= 4 is 7.60 Å². The van der Waals surface area contributed by atoms with Crippen molar-refractivity contribution in [2.75, 3.05) is 26.3 Å². The van der Waals surface area contributed by atoms with Crippen molar-refractivity contribution in [1.29, 1.82) is 0 Å². The van der Waals surface area contributed by atoms with Crippen molar-refractivity contribution in [3.63, 3.8) is 0 Å². The molecule has 0 saturated heterocycles. The van der Waals surface area contributed by atoms with E-state index in [9.17, 15) is 4.57 Å². The summed E-state index contributed by atoms with van der Waals surface area (Å²) in [6.07, 6.45) is 3.56. The van der Waals surface area contributed by atoms with Gasteiger partial charge in [0.05, 0.1) is 13.2 Å². The van der Waals surface area contributed by atoms with Gasteiger partial charge in [-0.2, -0.15) is 0 Å². The van der Waals surface area contributed by atoms with Crippen LogP contribution in [-0.2, 0) is 13.6 Å². The standard InChI is InChI=1S/C17H26NO3P/c1-5-14-18(15-6-2)17(16-12-10-9-11-13-16)22(19,20-7-3)21-8-4/h5-6,9-13,17H,1-2,7-8,14-15H2,3-4H3. The summed E-state index contributed by atoms with van der Waals surface area (Å²) in [5.74, 6) is -0.482. The molecular weight excluding hydrogens is 297 g/mol. The largest absolute Gasteiger partial charge is 0.352 e. The van der Waals surface area contributed by atoms with Gasteiger partial charge >= 0.3 is 7.60 Å². The van der Waals surface area contributed by atoms with Crippen molar-refractivity contribution in [1.82, 2.24) is 4.90 Å².